The molecule has 124 valence electrons. The molecule has 24 heavy (non-hydrogen) atoms. The second-order valence-electron chi connectivity index (χ2n) is 5.16. The minimum absolute atomic E-state index is 0.236. The number of nitrogens with zero attached hydrogens (tertiary/aromatic N) is 3. The van der Waals surface area contributed by atoms with Gasteiger partial charge in [-0.1, -0.05) is 0 Å². The number of nitrogens with one attached hydrogen (secondary N) is 1. The lowest BCUT2D eigenvalue weighted by Gasteiger charge is -2.05. The Morgan fingerprint density at radius 1 is 1.12 bits per heavy atom. The maximum atomic E-state index is 12.7. The summed E-state index contributed by atoms with van der Waals surface area (Å²) >= 11 is 0. The van der Waals surface area contributed by atoms with E-state index in [1.807, 2.05) is 0 Å². The smallest absolute Gasteiger partial charge is 0.352 e. The molecule has 0 fully saturated rings. The summed E-state index contributed by atoms with van der Waals surface area (Å²) in [6, 6.07) is 5.51. The number of alkyl halides is 3. The first kappa shape index (κ1) is 16.0. The summed E-state index contributed by atoms with van der Waals surface area (Å²) in [7, 11) is 0. The topological polar surface area (TPSA) is 59.3 Å². The number of carbonyl (C=O) groups is 1. The van der Waals surface area contributed by atoms with Crippen LogP contribution in [0.15, 0.2) is 49.1 Å². The van der Waals surface area contributed by atoms with Gasteiger partial charge >= 0.3 is 6.18 Å². The highest BCUT2D eigenvalue weighted by molar-refractivity contribution is 5.93. The maximum absolute atomic E-state index is 12.7. The number of amides is 1. The third-order valence-electron chi connectivity index (χ3n) is 3.44. The van der Waals surface area contributed by atoms with Gasteiger partial charge in [-0.05, 0) is 24.3 Å². The van der Waals surface area contributed by atoms with Gasteiger partial charge in [0.15, 0.2) is 0 Å². The molecule has 0 atom stereocenters. The van der Waals surface area contributed by atoms with E-state index >= 15 is 0 Å². The first-order chi connectivity index (χ1) is 11.4. The first-order valence-corrected chi connectivity index (χ1v) is 7.16. The fraction of sp³-hybridized carbons (Fsp3) is 0.188. The lowest BCUT2D eigenvalue weighted by Crippen LogP contribution is -2.25. The standard InChI is InChI=1S/C16H13F3N4O/c17-16(18,19)12-1-2-14-22-13(10-23(14)9-12)5-8-21-15(24)11-3-6-20-7-4-11/h1-4,6-7,9-10H,5,8H2,(H,21,24). The molecule has 0 radical (unpaired) electrons. The highest BCUT2D eigenvalue weighted by Crippen LogP contribution is 2.29. The van der Waals surface area contributed by atoms with E-state index < -0.39 is 11.7 Å². The molecule has 0 aromatic carbocycles. The number of halogens is 3. The average molecular weight is 334 g/mol. The molecule has 0 saturated carbocycles. The van der Waals surface area contributed by atoms with Crippen LogP contribution >= 0.6 is 0 Å². The third-order valence-corrected chi connectivity index (χ3v) is 3.44. The van der Waals surface area contributed by atoms with Crippen molar-refractivity contribution < 1.29 is 18.0 Å². The Kier molecular flexibility index (Phi) is 4.20. The molecule has 0 bridgehead atoms. The predicted molar refractivity (Wildman–Crippen MR) is 80.5 cm³/mol. The van der Waals surface area contributed by atoms with E-state index in [1.165, 1.54) is 29.1 Å². The highest BCUT2D eigenvalue weighted by Gasteiger charge is 2.30. The molecular weight excluding hydrogens is 321 g/mol. The minimum atomic E-state index is -4.39. The van der Waals surface area contributed by atoms with Gasteiger partial charge in [0.05, 0.1) is 11.3 Å². The molecule has 8 heteroatoms. The molecule has 0 aliphatic rings. The van der Waals surface area contributed by atoms with E-state index in [1.54, 1.807) is 12.1 Å². The number of carbonyl (C=O) groups excluding carboxylic acids is 1. The zero-order chi connectivity index (χ0) is 17.2. The van der Waals surface area contributed by atoms with Crippen molar-refractivity contribution >= 4 is 11.6 Å². The van der Waals surface area contributed by atoms with Crippen LogP contribution in [0, 0.1) is 0 Å². The molecule has 0 aliphatic carbocycles. The van der Waals surface area contributed by atoms with Crippen LogP contribution in [0.5, 0.6) is 0 Å². The Morgan fingerprint density at radius 2 is 1.88 bits per heavy atom. The van der Waals surface area contributed by atoms with Crippen LogP contribution in [0.25, 0.3) is 5.65 Å². The van der Waals surface area contributed by atoms with Crippen LogP contribution < -0.4 is 5.32 Å². The second kappa shape index (κ2) is 6.31. The number of rotatable bonds is 4. The minimum Gasteiger partial charge on any atom is -0.352 e. The average Bonchev–Trinajstić information content (AvgIpc) is 2.96. The fourth-order valence-corrected chi connectivity index (χ4v) is 2.24. The SMILES string of the molecule is O=C(NCCc1cn2cc(C(F)(F)F)ccc2n1)c1ccncc1. The summed E-state index contributed by atoms with van der Waals surface area (Å²) in [4.78, 5) is 19.9. The summed E-state index contributed by atoms with van der Waals surface area (Å²) in [6.45, 7) is 0.331. The second-order valence-corrected chi connectivity index (χ2v) is 5.16. The van der Waals surface area contributed by atoms with Crippen LogP contribution in [0.2, 0.25) is 0 Å². The van der Waals surface area contributed by atoms with Crippen molar-refractivity contribution in [3.63, 3.8) is 0 Å². The van der Waals surface area contributed by atoms with Crippen molar-refractivity contribution in [1.82, 2.24) is 19.7 Å². The quantitative estimate of drug-likeness (QED) is 0.798. The van der Waals surface area contributed by atoms with Gasteiger partial charge in [-0.15, -0.1) is 0 Å². The van der Waals surface area contributed by atoms with E-state index in [0.29, 0.717) is 29.9 Å². The molecule has 3 rings (SSSR count). The maximum Gasteiger partial charge on any atom is 0.417 e. The van der Waals surface area contributed by atoms with Crippen molar-refractivity contribution in [1.29, 1.82) is 0 Å². The number of pyridine rings is 2. The fourth-order valence-electron chi connectivity index (χ4n) is 2.24. The third kappa shape index (κ3) is 3.53. The van der Waals surface area contributed by atoms with Gasteiger partial charge in [0.1, 0.15) is 5.65 Å². The molecule has 3 aromatic heterocycles. The summed E-state index contributed by atoms with van der Waals surface area (Å²) in [6.07, 6.45) is 1.60. The Morgan fingerprint density at radius 3 is 2.58 bits per heavy atom. The van der Waals surface area contributed by atoms with Crippen LogP contribution in [0.1, 0.15) is 21.6 Å². The van der Waals surface area contributed by atoms with Gasteiger partial charge in [-0.25, -0.2) is 4.98 Å². The molecule has 0 aliphatic heterocycles. The number of aromatic nitrogens is 3. The molecule has 0 unspecified atom stereocenters. The summed E-state index contributed by atoms with van der Waals surface area (Å²) < 4.78 is 39.4. The summed E-state index contributed by atoms with van der Waals surface area (Å²) in [5.41, 5.74) is 0.794. The zero-order valence-electron chi connectivity index (χ0n) is 12.4. The van der Waals surface area contributed by atoms with Gasteiger partial charge in [0, 0.05) is 43.3 Å². The Hall–Kier alpha value is -2.90. The Labute approximate surface area is 135 Å². The molecule has 3 heterocycles. The number of hydrogen-bond donors (Lipinski definition) is 1. The Bertz CT molecular complexity index is 859. The molecule has 0 spiro atoms. The van der Waals surface area contributed by atoms with E-state index in [4.69, 9.17) is 0 Å². The molecule has 3 aromatic rings. The van der Waals surface area contributed by atoms with Gasteiger partial charge in [0.2, 0.25) is 0 Å². The van der Waals surface area contributed by atoms with Crippen LogP contribution in [0.3, 0.4) is 0 Å². The van der Waals surface area contributed by atoms with Gasteiger partial charge in [-0.2, -0.15) is 13.2 Å². The normalized spacial score (nSPS) is 11.6. The van der Waals surface area contributed by atoms with Crippen molar-refractivity contribution in [2.24, 2.45) is 0 Å². The zero-order valence-corrected chi connectivity index (χ0v) is 12.4. The van der Waals surface area contributed by atoms with Gasteiger partial charge in [0.25, 0.3) is 5.91 Å². The number of imidazole rings is 1. The first-order valence-electron chi connectivity index (χ1n) is 7.16. The molecule has 1 amide bonds. The number of hydrogen-bond acceptors (Lipinski definition) is 3. The Balaban J connectivity index is 1.64. The molecule has 0 saturated heterocycles. The van der Waals surface area contributed by atoms with Gasteiger partial charge < -0.3 is 9.72 Å². The summed E-state index contributed by atoms with van der Waals surface area (Å²) in [5.74, 6) is -0.236. The van der Waals surface area contributed by atoms with Crippen molar-refractivity contribution in [3.05, 3.63) is 65.9 Å². The highest BCUT2D eigenvalue weighted by atomic mass is 19.4. The van der Waals surface area contributed by atoms with Crippen molar-refractivity contribution in [2.75, 3.05) is 6.54 Å². The largest absolute Gasteiger partial charge is 0.417 e. The number of fused-ring (bicyclic) bond motifs is 1. The van der Waals surface area contributed by atoms with Crippen molar-refractivity contribution in [3.8, 4) is 0 Å². The van der Waals surface area contributed by atoms with Crippen molar-refractivity contribution in [2.45, 2.75) is 12.6 Å². The molecule has 5 nitrogen and oxygen atoms in total. The lowest BCUT2D eigenvalue weighted by atomic mass is 10.2. The summed E-state index contributed by atoms with van der Waals surface area (Å²) in [5, 5.41) is 2.73. The van der Waals surface area contributed by atoms with Gasteiger partial charge in [-0.3, -0.25) is 9.78 Å². The van der Waals surface area contributed by atoms with E-state index in [-0.39, 0.29) is 5.91 Å². The van der Waals surface area contributed by atoms with E-state index in [0.717, 1.165) is 12.3 Å². The van der Waals surface area contributed by atoms with Crippen LogP contribution in [-0.4, -0.2) is 26.8 Å². The molecular formula is C16H13F3N4O. The lowest BCUT2D eigenvalue weighted by molar-refractivity contribution is -0.137. The van der Waals surface area contributed by atoms with E-state index in [2.05, 4.69) is 15.3 Å². The van der Waals surface area contributed by atoms with Crippen LogP contribution in [0.4, 0.5) is 13.2 Å². The van der Waals surface area contributed by atoms with E-state index in [9.17, 15) is 18.0 Å². The molecule has 1 N–H and O–H groups in total. The van der Waals surface area contributed by atoms with Crippen LogP contribution in [-0.2, 0) is 12.6 Å². The predicted octanol–water partition coefficient (Wildman–Crippen LogP) is 2.72. The monoisotopic (exact) mass is 334 g/mol.